The van der Waals surface area contributed by atoms with Crippen molar-refractivity contribution in [1.82, 2.24) is 0 Å². The molecule has 4 nitrogen and oxygen atoms in total. The highest BCUT2D eigenvalue weighted by Gasteiger charge is 2.21. The van der Waals surface area contributed by atoms with Crippen LogP contribution in [0.25, 0.3) is 0 Å². The molecule has 176 valence electrons. The van der Waals surface area contributed by atoms with Crippen LogP contribution in [0.1, 0.15) is 105 Å². The lowest BCUT2D eigenvalue weighted by Gasteiger charge is -2.25. The molecule has 0 N–H and O–H groups in total. The molecule has 1 unspecified atom stereocenters. The van der Waals surface area contributed by atoms with E-state index < -0.39 is 0 Å². The van der Waals surface area contributed by atoms with Crippen molar-refractivity contribution in [3.8, 4) is 11.5 Å². The number of ether oxygens (including phenoxy) is 3. The van der Waals surface area contributed by atoms with Crippen LogP contribution in [0.2, 0.25) is 0 Å². The maximum absolute atomic E-state index is 11.9. The Morgan fingerprint density at radius 1 is 0.875 bits per heavy atom. The fourth-order valence-corrected chi connectivity index (χ4v) is 4.13. The van der Waals surface area contributed by atoms with Crippen LogP contribution in [0, 0.1) is 6.92 Å². The molecule has 0 saturated heterocycles. The minimum atomic E-state index is -0.351. The highest BCUT2D eigenvalue weighted by atomic mass is 16.5. The van der Waals surface area contributed by atoms with Crippen LogP contribution in [0.3, 0.4) is 0 Å². The zero-order valence-electron chi connectivity index (χ0n) is 21.2. The molecule has 2 aromatic carbocycles. The van der Waals surface area contributed by atoms with Crippen LogP contribution in [0.15, 0.2) is 30.3 Å². The standard InChI is InChI=1S/C28H40O4/c1-17(2)23-12-13-25(27(19(5)6)26(23)18(3)4)31-15-14-21(8)32-22-11-10-20(7)24(16-22)28(29)30-9/h10-13,16-19,21H,14-15H2,1-9H3. The molecule has 0 spiro atoms. The molecule has 0 aromatic heterocycles. The Bertz CT molecular complexity index is 912. The molecule has 0 aliphatic rings. The molecule has 0 saturated carbocycles. The zero-order valence-corrected chi connectivity index (χ0v) is 21.2. The van der Waals surface area contributed by atoms with Gasteiger partial charge in [0.2, 0.25) is 0 Å². The summed E-state index contributed by atoms with van der Waals surface area (Å²) in [4.78, 5) is 11.9. The lowest BCUT2D eigenvalue weighted by atomic mass is 9.83. The van der Waals surface area contributed by atoms with Crippen LogP contribution in [0.5, 0.6) is 11.5 Å². The maximum atomic E-state index is 11.9. The van der Waals surface area contributed by atoms with Gasteiger partial charge >= 0.3 is 5.97 Å². The Balaban J connectivity index is 2.10. The highest BCUT2D eigenvalue weighted by molar-refractivity contribution is 5.91. The molecule has 1 atom stereocenters. The number of carbonyl (C=O) groups is 1. The first-order chi connectivity index (χ1) is 15.1. The monoisotopic (exact) mass is 440 g/mol. The van der Waals surface area contributed by atoms with E-state index in [1.54, 1.807) is 6.07 Å². The summed E-state index contributed by atoms with van der Waals surface area (Å²) in [5, 5.41) is 0. The third-order valence-electron chi connectivity index (χ3n) is 5.79. The fourth-order valence-electron chi connectivity index (χ4n) is 4.13. The van der Waals surface area contributed by atoms with Gasteiger partial charge in [-0.2, -0.15) is 0 Å². The van der Waals surface area contributed by atoms with E-state index in [1.807, 2.05) is 26.0 Å². The van der Waals surface area contributed by atoms with Gasteiger partial charge in [-0.15, -0.1) is 0 Å². The van der Waals surface area contributed by atoms with Crippen molar-refractivity contribution in [2.45, 2.75) is 85.7 Å². The molecule has 2 rings (SSSR count). The summed E-state index contributed by atoms with van der Waals surface area (Å²) >= 11 is 0. The quantitative estimate of drug-likeness (QED) is 0.361. The van der Waals surface area contributed by atoms with Gasteiger partial charge in [0.25, 0.3) is 0 Å². The number of methoxy groups -OCH3 is 1. The van der Waals surface area contributed by atoms with E-state index in [4.69, 9.17) is 14.2 Å². The second-order valence-electron chi connectivity index (χ2n) is 9.48. The van der Waals surface area contributed by atoms with Crippen LogP contribution >= 0.6 is 0 Å². The van der Waals surface area contributed by atoms with Crippen molar-refractivity contribution in [3.05, 3.63) is 58.1 Å². The van der Waals surface area contributed by atoms with E-state index in [0.717, 1.165) is 17.7 Å². The summed E-state index contributed by atoms with van der Waals surface area (Å²) in [6, 6.07) is 9.86. The van der Waals surface area contributed by atoms with Crippen molar-refractivity contribution >= 4 is 5.97 Å². The molecule has 0 fully saturated rings. The van der Waals surface area contributed by atoms with E-state index in [0.29, 0.717) is 35.7 Å². The van der Waals surface area contributed by atoms with Gasteiger partial charge in [-0.25, -0.2) is 4.79 Å². The minimum Gasteiger partial charge on any atom is -0.493 e. The van der Waals surface area contributed by atoms with E-state index in [2.05, 4.69) is 53.7 Å². The Morgan fingerprint density at radius 2 is 1.53 bits per heavy atom. The van der Waals surface area contributed by atoms with Crippen molar-refractivity contribution < 1.29 is 19.0 Å². The van der Waals surface area contributed by atoms with Gasteiger partial charge in [-0.3, -0.25) is 0 Å². The average Bonchev–Trinajstić information content (AvgIpc) is 2.73. The molecule has 0 aliphatic heterocycles. The lowest BCUT2D eigenvalue weighted by Crippen LogP contribution is -2.17. The van der Waals surface area contributed by atoms with Crippen LogP contribution in [-0.2, 0) is 4.74 Å². The van der Waals surface area contributed by atoms with Crippen LogP contribution in [0.4, 0.5) is 0 Å². The van der Waals surface area contributed by atoms with E-state index in [-0.39, 0.29) is 12.1 Å². The summed E-state index contributed by atoms with van der Waals surface area (Å²) in [6.45, 7) is 18.0. The second kappa shape index (κ2) is 11.4. The normalized spacial score (nSPS) is 12.4. The van der Waals surface area contributed by atoms with Gasteiger partial charge in [0.1, 0.15) is 11.5 Å². The molecule has 0 heterocycles. The Hall–Kier alpha value is -2.49. The van der Waals surface area contributed by atoms with Gasteiger partial charge in [-0.1, -0.05) is 53.7 Å². The van der Waals surface area contributed by atoms with Crippen molar-refractivity contribution in [2.24, 2.45) is 0 Å². The largest absolute Gasteiger partial charge is 0.493 e. The van der Waals surface area contributed by atoms with Crippen LogP contribution < -0.4 is 9.47 Å². The molecular weight excluding hydrogens is 400 g/mol. The van der Waals surface area contributed by atoms with Crippen LogP contribution in [-0.4, -0.2) is 25.8 Å². The smallest absolute Gasteiger partial charge is 0.338 e. The number of esters is 1. The average molecular weight is 441 g/mol. The lowest BCUT2D eigenvalue weighted by molar-refractivity contribution is 0.0599. The van der Waals surface area contributed by atoms with Gasteiger partial charge in [0.05, 0.1) is 25.4 Å². The minimum absolute atomic E-state index is 0.0507. The second-order valence-corrected chi connectivity index (χ2v) is 9.48. The number of hydrogen-bond donors (Lipinski definition) is 0. The van der Waals surface area contributed by atoms with Gasteiger partial charge < -0.3 is 14.2 Å². The summed E-state index contributed by atoms with van der Waals surface area (Å²) in [5.41, 5.74) is 5.55. The summed E-state index contributed by atoms with van der Waals surface area (Å²) in [7, 11) is 1.39. The first-order valence-corrected chi connectivity index (χ1v) is 11.7. The van der Waals surface area contributed by atoms with Gasteiger partial charge in [-0.05, 0) is 66.5 Å². The molecule has 0 bridgehead atoms. The van der Waals surface area contributed by atoms with Gasteiger partial charge in [0, 0.05) is 12.0 Å². The number of hydrogen-bond acceptors (Lipinski definition) is 4. The zero-order chi connectivity index (χ0) is 24.0. The Kier molecular flexibility index (Phi) is 9.18. The van der Waals surface area contributed by atoms with E-state index >= 15 is 0 Å². The number of rotatable bonds is 10. The SMILES string of the molecule is COC(=O)c1cc(OC(C)CCOc2ccc(C(C)C)c(C(C)C)c2C(C)C)ccc1C. The summed E-state index contributed by atoms with van der Waals surface area (Å²) < 4.78 is 17.2. The summed E-state index contributed by atoms with van der Waals surface area (Å²) in [5.74, 6) is 2.60. The predicted molar refractivity (Wildman–Crippen MR) is 131 cm³/mol. The third kappa shape index (κ3) is 6.27. The highest BCUT2D eigenvalue weighted by Crippen LogP contribution is 2.39. The molecule has 2 aromatic rings. The van der Waals surface area contributed by atoms with Crippen molar-refractivity contribution in [3.63, 3.8) is 0 Å². The first kappa shape index (κ1) is 25.8. The Labute approximate surface area is 194 Å². The van der Waals surface area contributed by atoms with Gasteiger partial charge in [0.15, 0.2) is 0 Å². The number of aryl methyl sites for hydroxylation is 1. The molecular formula is C28H40O4. The van der Waals surface area contributed by atoms with Crippen molar-refractivity contribution in [1.29, 1.82) is 0 Å². The Morgan fingerprint density at radius 3 is 2.09 bits per heavy atom. The third-order valence-corrected chi connectivity index (χ3v) is 5.79. The fraction of sp³-hybridized carbons (Fsp3) is 0.536. The first-order valence-electron chi connectivity index (χ1n) is 11.7. The number of benzene rings is 2. The van der Waals surface area contributed by atoms with E-state index in [1.165, 1.54) is 23.8 Å². The molecule has 4 heteroatoms. The van der Waals surface area contributed by atoms with Crippen molar-refractivity contribution in [2.75, 3.05) is 13.7 Å². The molecule has 0 radical (unpaired) electrons. The maximum Gasteiger partial charge on any atom is 0.338 e. The van der Waals surface area contributed by atoms with E-state index in [9.17, 15) is 4.79 Å². The summed E-state index contributed by atoms with van der Waals surface area (Å²) in [6.07, 6.45) is 0.687. The molecule has 0 amide bonds. The number of carbonyl (C=O) groups excluding carboxylic acids is 1. The predicted octanol–water partition coefficient (Wildman–Crippen LogP) is 7.39. The molecule has 32 heavy (non-hydrogen) atoms. The topological polar surface area (TPSA) is 44.8 Å². The molecule has 0 aliphatic carbocycles.